The summed E-state index contributed by atoms with van der Waals surface area (Å²) in [5.41, 5.74) is 3.26. The normalized spacial score (nSPS) is 14.5. The van der Waals surface area contributed by atoms with Crippen LogP contribution in [0.2, 0.25) is 0 Å². The Bertz CT molecular complexity index is 943. The predicted octanol–water partition coefficient (Wildman–Crippen LogP) is 2.89. The number of carbonyl (C=O) groups excluding carboxylic acids is 1. The van der Waals surface area contributed by atoms with Crippen LogP contribution in [0.4, 0.5) is 11.6 Å². The average Bonchev–Trinajstić information content (AvgIpc) is 3.13. The number of amides is 1. The van der Waals surface area contributed by atoms with Crippen molar-refractivity contribution in [3.63, 3.8) is 0 Å². The molecule has 0 fully saturated rings. The van der Waals surface area contributed by atoms with Gasteiger partial charge in [-0.2, -0.15) is 5.10 Å². The fourth-order valence-electron chi connectivity index (χ4n) is 2.66. The van der Waals surface area contributed by atoms with E-state index in [1.54, 1.807) is 17.1 Å². The maximum atomic E-state index is 12.1. The molecular formula is C18H15N5O. The van der Waals surface area contributed by atoms with Gasteiger partial charge in [0, 0.05) is 36.6 Å². The smallest absolute Gasteiger partial charge is 0.259 e. The molecule has 0 unspecified atom stereocenters. The van der Waals surface area contributed by atoms with Gasteiger partial charge in [0.25, 0.3) is 5.91 Å². The molecule has 0 saturated heterocycles. The summed E-state index contributed by atoms with van der Waals surface area (Å²) >= 11 is 0. The Morgan fingerprint density at radius 3 is 2.83 bits per heavy atom. The lowest BCUT2D eigenvalue weighted by Gasteiger charge is -2.02. The number of anilines is 2. The van der Waals surface area contributed by atoms with Crippen LogP contribution >= 0.6 is 0 Å². The molecule has 3 aromatic rings. The fraction of sp³-hybridized carbons (Fsp3) is 0.0556. The van der Waals surface area contributed by atoms with Crippen LogP contribution in [0.1, 0.15) is 5.56 Å². The largest absolute Gasteiger partial charge is 0.346 e. The van der Waals surface area contributed by atoms with Gasteiger partial charge in [-0.15, -0.1) is 0 Å². The molecule has 1 aliphatic rings. The van der Waals surface area contributed by atoms with Gasteiger partial charge in [0.05, 0.1) is 11.3 Å². The van der Waals surface area contributed by atoms with Crippen molar-refractivity contribution < 1.29 is 4.79 Å². The molecular weight excluding hydrogens is 302 g/mol. The second-order valence-corrected chi connectivity index (χ2v) is 5.46. The van der Waals surface area contributed by atoms with Crippen LogP contribution < -0.4 is 10.6 Å². The molecule has 2 N–H and O–H groups in total. The van der Waals surface area contributed by atoms with Gasteiger partial charge in [0.15, 0.2) is 0 Å². The maximum Gasteiger partial charge on any atom is 0.259 e. The second kappa shape index (κ2) is 5.66. The van der Waals surface area contributed by atoms with Crippen LogP contribution in [0.5, 0.6) is 0 Å². The molecule has 24 heavy (non-hydrogen) atoms. The van der Waals surface area contributed by atoms with Gasteiger partial charge >= 0.3 is 0 Å². The molecule has 3 heterocycles. The number of fused-ring (bicyclic) bond motifs is 1. The lowest BCUT2D eigenvalue weighted by molar-refractivity contribution is -0.110. The predicted molar refractivity (Wildman–Crippen MR) is 93.1 cm³/mol. The van der Waals surface area contributed by atoms with E-state index in [0.29, 0.717) is 11.4 Å². The highest BCUT2D eigenvalue weighted by Gasteiger charge is 2.24. The highest BCUT2D eigenvalue weighted by atomic mass is 16.2. The molecule has 1 amide bonds. The van der Waals surface area contributed by atoms with Crippen LogP contribution in [0, 0.1) is 0 Å². The Balaban J connectivity index is 1.63. The topological polar surface area (TPSA) is 71.8 Å². The van der Waals surface area contributed by atoms with Crippen LogP contribution in [-0.2, 0) is 11.8 Å². The second-order valence-electron chi connectivity index (χ2n) is 5.46. The van der Waals surface area contributed by atoms with Crippen LogP contribution in [-0.4, -0.2) is 20.7 Å². The molecule has 0 atom stereocenters. The average molecular weight is 317 g/mol. The molecule has 118 valence electrons. The summed E-state index contributed by atoms with van der Waals surface area (Å²) < 4.78 is 1.75. The van der Waals surface area contributed by atoms with Gasteiger partial charge in [-0.25, -0.2) is 4.98 Å². The molecule has 6 heteroatoms. The quantitative estimate of drug-likeness (QED) is 0.729. The van der Waals surface area contributed by atoms with E-state index in [1.165, 1.54) is 0 Å². The number of rotatable bonds is 3. The van der Waals surface area contributed by atoms with Gasteiger partial charge in [-0.05, 0) is 12.1 Å². The number of nitrogens with zero attached hydrogens (tertiary/aromatic N) is 3. The first-order chi connectivity index (χ1) is 11.7. The zero-order valence-electron chi connectivity index (χ0n) is 13.0. The molecule has 0 radical (unpaired) electrons. The minimum Gasteiger partial charge on any atom is -0.346 e. The van der Waals surface area contributed by atoms with Crippen molar-refractivity contribution in [2.75, 3.05) is 10.6 Å². The first kappa shape index (κ1) is 14.2. The molecule has 6 nitrogen and oxygen atoms in total. The monoisotopic (exact) mass is 317 g/mol. The first-order valence-electron chi connectivity index (χ1n) is 7.55. The van der Waals surface area contributed by atoms with Crippen molar-refractivity contribution in [3.05, 3.63) is 66.5 Å². The molecule has 0 spiro atoms. The summed E-state index contributed by atoms with van der Waals surface area (Å²) in [6.45, 7) is 0. The molecule has 1 aliphatic heterocycles. The third-order valence-electron chi connectivity index (χ3n) is 3.89. The minimum atomic E-state index is -0.165. The van der Waals surface area contributed by atoms with Crippen LogP contribution in [0.3, 0.4) is 0 Å². The van der Waals surface area contributed by atoms with E-state index in [1.807, 2.05) is 55.6 Å². The minimum absolute atomic E-state index is 0.165. The zero-order chi connectivity index (χ0) is 16.5. The molecule has 2 aromatic heterocycles. The van der Waals surface area contributed by atoms with Gasteiger partial charge < -0.3 is 10.6 Å². The molecule has 0 saturated carbocycles. The zero-order valence-corrected chi connectivity index (χ0v) is 13.0. The summed E-state index contributed by atoms with van der Waals surface area (Å²) in [4.78, 5) is 16.2. The molecule has 1 aromatic carbocycles. The van der Waals surface area contributed by atoms with E-state index in [2.05, 4.69) is 20.7 Å². The standard InChI is InChI=1S/C18H15N5O/c1-23-16(10-15(22-23)12-6-3-2-4-7-12)20-11-14-13-8-5-9-19-17(13)21-18(14)24/h2-11,20H,1H3,(H,19,21,24). The van der Waals surface area contributed by atoms with E-state index in [-0.39, 0.29) is 5.91 Å². The fourth-order valence-corrected chi connectivity index (χ4v) is 2.66. The highest BCUT2D eigenvalue weighted by molar-refractivity contribution is 6.31. The Labute approximate surface area is 138 Å². The Hall–Kier alpha value is -3.41. The number of aryl methyl sites for hydroxylation is 1. The van der Waals surface area contributed by atoms with Crippen LogP contribution in [0.15, 0.2) is 60.9 Å². The molecule has 0 bridgehead atoms. The van der Waals surface area contributed by atoms with Gasteiger partial charge in [-0.1, -0.05) is 30.3 Å². The van der Waals surface area contributed by atoms with E-state index in [0.717, 1.165) is 22.6 Å². The maximum absolute atomic E-state index is 12.1. The Morgan fingerprint density at radius 2 is 2.00 bits per heavy atom. The lowest BCUT2D eigenvalue weighted by atomic mass is 10.1. The van der Waals surface area contributed by atoms with Crippen molar-refractivity contribution in [2.24, 2.45) is 7.05 Å². The number of aromatic nitrogens is 3. The summed E-state index contributed by atoms with van der Waals surface area (Å²) in [6, 6.07) is 15.6. The third kappa shape index (κ3) is 2.44. The van der Waals surface area contributed by atoms with Crippen molar-refractivity contribution in [1.82, 2.24) is 14.8 Å². The molecule has 4 rings (SSSR count). The number of nitrogens with one attached hydrogen (secondary N) is 2. The van der Waals surface area contributed by atoms with E-state index < -0.39 is 0 Å². The van der Waals surface area contributed by atoms with Gasteiger partial charge in [0.1, 0.15) is 11.6 Å². The number of hydrogen-bond donors (Lipinski definition) is 2. The van der Waals surface area contributed by atoms with E-state index in [4.69, 9.17) is 0 Å². The van der Waals surface area contributed by atoms with E-state index in [9.17, 15) is 4.79 Å². The summed E-state index contributed by atoms with van der Waals surface area (Å²) in [7, 11) is 1.86. The number of hydrogen-bond acceptors (Lipinski definition) is 4. The van der Waals surface area contributed by atoms with Crippen LogP contribution in [0.25, 0.3) is 16.8 Å². The molecule has 0 aliphatic carbocycles. The van der Waals surface area contributed by atoms with Crippen molar-refractivity contribution >= 4 is 23.1 Å². The summed E-state index contributed by atoms with van der Waals surface area (Å²) in [5, 5.41) is 10.4. The number of pyridine rings is 1. The van der Waals surface area contributed by atoms with Crippen molar-refractivity contribution in [3.8, 4) is 11.3 Å². The van der Waals surface area contributed by atoms with Crippen molar-refractivity contribution in [1.29, 1.82) is 0 Å². The Morgan fingerprint density at radius 1 is 1.17 bits per heavy atom. The van der Waals surface area contributed by atoms with E-state index >= 15 is 0 Å². The van der Waals surface area contributed by atoms with Gasteiger partial charge in [-0.3, -0.25) is 9.48 Å². The van der Waals surface area contributed by atoms with Gasteiger partial charge in [0.2, 0.25) is 0 Å². The summed E-state index contributed by atoms with van der Waals surface area (Å²) in [5.74, 6) is 1.22. The third-order valence-corrected chi connectivity index (χ3v) is 3.89. The number of carbonyl (C=O) groups is 1. The summed E-state index contributed by atoms with van der Waals surface area (Å²) in [6.07, 6.45) is 3.34. The lowest BCUT2D eigenvalue weighted by Crippen LogP contribution is -2.06. The Kier molecular flexibility index (Phi) is 3.35. The number of benzene rings is 1. The highest BCUT2D eigenvalue weighted by Crippen LogP contribution is 2.29. The van der Waals surface area contributed by atoms with Crippen molar-refractivity contribution in [2.45, 2.75) is 0 Å². The SMILES string of the molecule is Cn1nc(-c2ccccc2)cc1NC=C1C(=O)Nc2ncccc21. The first-order valence-corrected chi connectivity index (χ1v) is 7.55.